The van der Waals surface area contributed by atoms with Crippen LogP contribution in [0.15, 0.2) is 54.1 Å². The van der Waals surface area contributed by atoms with Crippen molar-refractivity contribution in [2.45, 2.75) is 187 Å². The first-order chi connectivity index (χ1) is 39.3. The van der Waals surface area contributed by atoms with Crippen LogP contribution >= 0.6 is 11.6 Å². The Bertz CT molecular complexity index is 2710. The first kappa shape index (κ1) is 67.4. The minimum atomic E-state index is -1.64. The van der Waals surface area contributed by atoms with Crippen LogP contribution in [-0.4, -0.2) is 129 Å². The summed E-state index contributed by atoms with van der Waals surface area (Å²) in [5, 5.41) is 20.4. The summed E-state index contributed by atoms with van der Waals surface area (Å²) in [7, 11) is 4.49. The van der Waals surface area contributed by atoms with E-state index >= 15 is 0 Å². The fraction of sp³-hybridized carbons (Fsp3) is 0.613. The normalized spacial score (nSPS) is 24.5. The van der Waals surface area contributed by atoms with Crippen LogP contribution in [0.5, 0.6) is 5.75 Å². The third-order valence-electron chi connectivity index (χ3n) is 16.3. The van der Waals surface area contributed by atoms with Gasteiger partial charge in [-0.1, -0.05) is 76.1 Å². The quantitative estimate of drug-likeness (QED) is 0.0269. The van der Waals surface area contributed by atoms with Gasteiger partial charge in [0.05, 0.1) is 50.3 Å². The number of Topliss-reactive ketones (excluding diaryl/α,β-unsaturated/α-hetero) is 2. The Hall–Kier alpha value is -6.35. The zero-order valence-corrected chi connectivity index (χ0v) is 50.9. The number of hydrogen-bond acceptors (Lipinski definition) is 15. The van der Waals surface area contributed by atoms with E-state index in [1.54, 1.807) is 70.3 Å². The number of rotatable bonds is 25. The number of fused-ring (bicyclic) bond motifs is 5. The lowest BCUT2D eigenvalue weighted by molar-refractivity contribution is -0.187. The number of nitrogens with zero attached hydrogens (tertiary/aromatic N) is 1. The lowest BCUT2D eigenvalue weighted by Gasteiger charge is -2.41. The maximum absolute atomic E-state index is 14.5. The number of nitrogens with one attached hydrogen (secondary N) is 3. The number of aryl methyl sites for hydroxylation is 1. The van der Waals surface area contributed by atoms with Gasteiger partial charge in [0.1, 0.15) is 46.1 Å². The molecule has 5 rings (SSSR count). The molecule has 9 atom stereocenters. The molecule has 0 aromatic heterocycles. The average Bonchev–Trinajstić information content (AvgIpc) is 2.37. The summed E-state index contributed by atoms with van der Waals surface area (Å²) >= 11 is 6.85. The molecule has 20 nitrogen and oxygen atoms in total. The Morgan fingerprint density at radius 1 is 1.00 bits per heavy atom. The van der Waals surface area contributed by atoms with Crippen molar-refractivity contribution in [3.8, 4) is 5.75 Å². The number of nitrogens with two attached hydrogens (primary N) is 1. The Labute approximate surface area is 493 Å². The summed E-state index contributed by atoms with van der Waals surface area (Å²) in [5.74, 6) is -3.43. The second-order valence-corrected chi connectivity index (χ2v) is 23.4. The topological polar surface area (TPSA) is 281 Å². The van der Waals surface area contributed by atoms with Crippen LogP contribution in [0.3, 0.4) is 0 Å². The van der Waals surface area contributed by atoms with E-state index in [-0.39, 0.29) is 92.5 Å². The van der Waals surface area contributed by atoms with E-state index in [2.05, 4.69) is 16.0 Å². The molecule has 0 radical (unpaired) electrons. The Balaban J connectivity index is 1.31. The van der Waals surface area contributed by atoms with E-state index in [1.807, 2.05) is 40.7 Å². The number of hydrogen-bond donors (Lipinski definition) is 5. The number of ether oxygens (including phenoxy) is 6. The van der Waals surface area contributed by atoms with E-state index in [0.29, 0.717) is 60.4 Å². The predicted molar refractivity (Wildman–Crippen MR) is 314 cm³/mol. The number of esters is 2. The highest BCUT2D eigenvalue weighted by atomic mass is 35.5. The molecular formula is C62H88ClN5O15. The monoisotopic (exact) mass is 1180 g/mol. The van der Waals surface area contributed by atoms with Gasteiger partial charge in [-0.05, 0) is 119 Å². The SMILES string of the molecule is CCC(CC)C(=O)OCCCCCC(=O)C[C@H](C(=O)N[C@@H](CCCNC(N)=O)C(=O)Cc1ccc(NC(=O)O[C@H]2CC(=O)N(C)c3cc(cc(OC)c3Cl)C/C(C)=C/C=C/[C@@H](OC)[C@]3(O)CC(=O)O[C@@H](C3)[C@@H](C)[C@@H]3O[C@@]23C)cc1C)C(C)C. The molecule has 5 amide bonds. The van der Waals surface area contributed by atoms with Crippen molar-refractivity contribution < 1.29 is 71.9 Å². The summed E-state index contributed by atoms with van der Waals surface area (Å²) in [4.78, 5) is 108. The summed E-state index contributed by atoms with van der Waals surface area (Å²) in [6.07, 6.45) is 4.42. The van der Waals surface area contributed by atoms with Crippen molar-refractivity contribution in [3.63, 3.8) is 0 Å². The molecule has 0 saturated carbocycles. The van der Waals surface area contributed by atoms with Crippen molar-refractivity contribution >= 4 is 70.4 Å². The number of urea groups is 1. The minimum absolute atomic E-state index is 0.00815. The Morgan fingerprint density at radius 3 is 2.37 bits per heavy atom. The predicted octanol–water partition coefficient (Wildman–Crippen LogP) is 8.75. The molecule has 3 aliphatic heterocycles. The molecule has 2 saturated heterocycles. The molecule has 2 aromatic rings. The van der Waals surface area contributed by atoms with Gasteiger partial charge in [-0.25, -0.2) is 9.59 Å². The van der Waals surface area contributed by atoms with E-state index in [1.165, 1.54) is 19.1 Å². The lowest BCUT2D eigenvalue weighted by atomic mass is 9.78. The number of epoxide rings is 1. The van der Waals surface area contributed by atoms with E-state index in [4.69, 9.17) is 45.8 Å². The number of methoxy groups -OCH3 is 2. The van der Waals surface area contributed by atoms with Crippen LogP contribution in [0.1, 0.15) is 142 Å². The molecule has 3 aliphatic rings. The molecule has 4 bridgehead atoms. The van der Waals surface area contributed by atoms with Crippen LogP contribution in [-0.2, 0) is 65.3 Å². The summed E-state index contributed by atoms with van der Waals surface area (Å²) in [6.45, 7) is 15.2. The van der Waals surface area contributed by atoms with Crippen LogP contribution < -0.4 is 31.3 Å². The van der Waals surface area contributed by atoms with Crippen molar-refractivity contribution in [1.29, 1.82) is 0 Å². The maximum atomic E-state index is 14.5. The standard InChI is InChI=1S/C62H88ClN5O15/c1-12-41(13-2)58(74)80-26-16-14-15-20-44(69)32-45(36(3)4)57(73)67-46(21-18-25-65-59(64)75)48(70)31-42-23-24-43(28-38(42)6)66-60(76)82-52-33-53(71)68(9)47-29-40(30-49(78-10)55(47)63)27-37(5)19-17-22-51(79-11)62(77)34-50(81-54(72)35-62)39(7)56-61(52,8)83-56/h17,19,22-24,28-30,36,39,41,45-46,50-52,56,77H,12-16,18,20-21,25-27,31-35H2,1-11H3,(H,66,76)(H,67,73)(H3,64,65,75)/b22-17+,37-19+/t39-,45+,46+,50+,51-,52+,56+,61+,62-/m1/s1. The number of unbranched alkanes of at least 4 members (excludes halogenated alkanes) is 2. The second kappa shape index (κ2) is 31.0. The van der Waals surface area contributed by atoms with Crippen molar-refractivity contribution in [3.05, 3.63) is 75.8 Å². The van der Waals surface area contributed by atoms with Gasteiger partial charge >= 0.3 is 24.1 Å². The second-order valence-electron chi connectivity index (χ2n) is 23.0. The zero-order chi connectivity index (χ0) is 61.3. The first-order valence-electron chi connectivity index (χ1n) is 29.0. The fourth-order valence-corrected chi connectivity index (χ4v) is 11.3. The van der Waals surface area contributed by atoms with Gasteiger partial charge in [-0.2, -0.15) is 0 Å². The van der Waals surface area contributed by atoms with Gasteiger partial charge in [0, 0.05) is 63.9 Å². The molecular weight excluding hydrogens is 1090 g/mol. The first-order valence-corrected chi connectivity index (χ1v) is 29.4. The molecule has 21 heteroatoms. The third-order valence-corrected chi connectivity index (χ3v) is 16.7. The summed E-state index contributed by atoms with van der Waals surface area (Å²) in [6, 6.07) is 6.77. The fourth-order valence-electron chi connectivity index (χ4n) is 11.0. The highest BCUT2D eigenvalue weighted by Crippen LogP contribution is 2.50. The van der Waals surface area contributed by atoms with Crippen molar-refractivity contribution in [2.75, 3.05) is 44.6 Å². The zero-order valence-electron chi connectivity index (χ0n) is 50.2. The van der Waals surface area contributed by atoms with E-state index in [0.717, 1.165) is 24.0 Å². The third kappa shape index (κ3) is 18.8. The van der Waals surface area contributed by atoms with Gasteiger partial charge < -0.3 is 54.8 Å². The molecule has 2 fully saturated rings. The van der Waals surface area contributed by atoms with Crippen LogP contribution in [0.4, 0.5) is 21.0 Å². The lowest BCUT2D eigenvalue weighted by Crippen LogP contribution is -2.53. The number of amides is 5. The van der Waals surface area contributed by atoms with Crippen molar-refractivity contribution in [2.24, 2.45) is 29.4 Å². The molecule has 0 aliphatic carbocycles. The number of ketones is 2. The van der Waals surface area contributed by atoms with E-state index < -0.39 is 83.4 Å². The molecule has 3 heterocycles. The Morgan fingerprint density at radius 2 is 1.72 bits per heavy atom. The van der Waals surface area contributed by atoms with Gasteiger partial charge in [-0.3, -0.25) is 34.1 Å². The highest BCUT2D eigenvalue weighted by molar-refractivity contribution is 6.35. The highest BCUT2D eigenvalue weighted by Gasteiger charge is 2.64. The number of benzene rings is 2. The molecule has 0 spiro atoms. The van der Waals surface area contributed by atoms with Gasteiger partial charge in [0.25, 0.3) is 0 Å². The molecule has 6 N–H and O–H groups in total. The number of anilines is 2. The molecule has 0 unspecified atom stereocenters. The number of carbonyl (C=O) groups excluding carboxylic acids is 8. The number of primary amides is 1. The molecule has 2 aromatic carbocycles. The largest absolute Gasteiger partial charge is 0.495 e. The van der Waals surface area contributed by atoms with Crippen LogP contribution in [0, 0.1) is 30.6 Å². The van der Waals surface area contributed by atoms with Gasteiger partial charge in [0.15, 0.2) is 5.78 Å². The van der Waals surface area contributed by atoms with Gasteiger partial charge in [-0.15, -0.1) is 0 Å². The Kier molecular flexibility index (Phi) is 25.2. The average molecular weight is 1180 g/mol. The van der Waals surface area contributed by atoms with Gasteiger partial charge in [0.2, 0.25) is 11.8 Å². The molecule has 83 heavy (non-hydrogen) atoms. The van der Waals surface area contributed by atoms with Crippen LogP contribution in [0.25, 0.3) is 0 Å². The smallest absolute Gasteiger partial charge is 0.412 e. The molecule has 458 valence electrons. The number of allylic oxidation sites excluding steroid dienone is 3. The summed E-state index contributed by atoms with van der Waals surface area (Å²) in [5.41, 5.74) is 5.93. The number of aliphatic hydroxyl groups is 1. The number of halogens is 1. The van der Waals surface area contributed by atoms with Crippen molar-refractivity contribution in [1.82, 2.24) is 10.6 Å². The minimum Gasteiger partial charge on any atom is -0.495 e. The summed E-state index contributed by atoms with van der Waals surface area (Å²) < 4.78 is 35.1. The van der Waals surface area contributed by atoms with Crippen LogP contribution in [0.2, 0.25) is 5.02 Å². The van der Waals surface area contributed by atoms with E-state index in [9.17, 15) is 43.5 Å². The number of carbonyl (C=O) groups is 8. The maximum Gasteiger partial charge on any atom is 0.412 e.